The van der Waals surface area contributed by atoms with E-state index in [4.69, 9.17) is 9.47 Å². The van der Waals surface area contributed by atoms with Gasteiger partial charge in [-0.15, -0.1) is 0 Å². The van der Waals surface area contributed by atoms with Gasteiger partial charge in [0.05, 0.1) is 19.1 Å². The average Bonchev–Trinajstić information content (AvgIpc) is 3.13. The molecule has 3 rings (SSSR count). The summed E-state index contributed by atoms with van der Waals surface area (Å²) in [5, 5.41) is 0. The van der Waals surface area contributed by atoms with Gasteiger partial charge in [-0.3, -0.25) is 9.52 Å². The summed E-state index contributed by atoms with van der Waals surface area (Å²) in [5.74, 6) is 0.684. The molecule has 1 N–H and O–H groups in total. The second kappa shape index (κ2) is 13.5. The van der Waals surface area contributed by atoms with Crippen molar-refractivity contribution in [2.45, 2.75) is 50.3 Å². The van der Waals surface area contributed by atoms with Crippen LogP contribution in [-0.4, -0.2) is 71.1 Å². The first-order valence-electron chi connectivity index (χ1n) is 12.7. The number of hydrogen-bond acceptors (Lipinski definition) is 6. The Bertz CT molecular complexity index is 1110. The molecule has 9 heteroatoms. The van der Waals surface area contributed by atoms with Crippen molar-refractivity contribution < 1.29 is 22.7 Å². The maximum absolute atomic E-state index is 13.2. The van der Waals surface area contributed by atoms with Gasteiger partial charge in [-0.1, -0.05) is 38.7 Å². The van der Waals surface area contributed by atoms with E-state index < -0.39 is 10.0 Å². The topological polar surface area (TPSA) is 88.2 Å². The van der Waals surface area contributed by atoms with Gasteiger partial charge in [-0.05, 0) is 56.3 Å². The molecule has 2 aromatic carbocycles. The van der Waals surface area contributed by atoms with Crippen LogP contribution in [0.25, 0.3) is 0 Å². The number of methoxy groups -OCH3 is 2. The van der Waals surface area contributed by atoms with Crippen molar-refractivity contribution in [2.75, 3.05) is 51.7 Å². The second-order valence-electron chi connectivity index (χ2n) is 9.10. The highest BCUT2D eigenvalue weighted by Crippen LogP contribution is 2.30. The first-order chi connectivity index (χ1) is 17.4. The van der Waals surface area contributed by atoms with Crippen molar-refractivity contribution in [2.24, 2.45) is 0 Å². The van der Waals surface area contributed by atoms with Crippen molar-refractivity contribution >= 4 is 21.6 Å². The molecule has 1 amide bonds. The van der Waals surface area contributed by atoms with Crippen LogP contribution in [0.15, 0.2) is 47.4 Å². The zero-order valence-corrected chi connectivity index (χ0v) is 22.5. The predicted molar refractivity (Wildman–Crippen MR) is 143 cm³/mol. The number of carbonyl (C=O) groups excluding carboxylic acids is 1. The fourth-order valence-corrected chi connectivity index (χ4v) is 5.50. The molecule has 8 nitrogen and oxygen atoms in total. The number of hydrogen-bond donors (Lipinski definition) is 1. The number of sulfonamides is 1. The molecule has 0 unspecified atom stereocenters. The lowest BCUT2D eigenvalue weighted by atomic mass is 10.1. The number of unbranched alkanes of at least 4 members (excludes halogenated alkanes) is 4. The summed E-state index contributed by atoms with van der Waals surface area (Å²) in [6, 6.07) is 11.1. The Balaban J connectivity index is 1.62. The molecule has 198 valence electrons. The third-order valence-corrected chi connectivity index (χ3v) is 7.86. The molecule has 36 heavy (non-hydrogen) atoms. The van der Waals surface area contributed by atoms with Crippen molar-refractivity contribution in [1.29, 1.82) is 0 Å². The Kier molecular flexibility index (Phi) is 10.4. The molecule has 0 radical (unpaired) electrons. The first kappa shape index (κ1) is 27.8. The molecular formula is C27H39N3O5S. The third-order valence-electron chi connectivity index (χ3n) is 6.48. The van der Waals surface area contributed by atoms with Crippen LogP contribution in [0.2, 0.25) is 0 Å². The van der Waals surface area contributed by atoms with E-state index in [9.17, 15) is 13.2 Å². The van der Waals surface area contributed by atoms with Crippen LogP contribution in [0.5, 0.6) is 11.5 Å². The van der Waals surface area contributed by atoms with E-state index in [1.165, 1.54) is 58.5 Å². The van der Waals surface area contributed by atoms with Crippen LogP contribution in [-0.2, 0) is 10.0 Å². The SMILES string of the molecule is CCCCCCCN1CCCN(C(=O)c2cccc(NS(=O)(=O)c3ccc(OC)c(OC)c3)c2)CC1. The molecule has 0 atom stereocenters. The lowest BCUT2D eigenvalue weighted by Crippen LogP contribution is -2.35. The van der Waals surface area contributed by atoms with E-state index >= 15 is 0 Å². The van der Waals surface area contributed by atoms with Crippen LogP contribution in [0.3, 0.4) is 0 Å². The van der Waals surface area contributed by atoms with Crippen LogP contribution < -0.4 is 14.2 Å². The minimum atomic E-state index is -3.88. The average molecular weight is 518 g/mol. The molecule has 2 aromatic rings. The zero-order valence-electron chi connectivity index (χ0n) is 21.7. The van der Waals surface area contributed by atoms with E-state index in [-0.39, 0.29) is 10.8 Å². The number of amides is 1. The minimum absolute atomic E-state index is 0.0409. The molecule has 1 aliphatic heterocycles. The van der Waals surface area contributed by atoms with Crippen LogP contribution in [0.1, 0.15) is 55.8 Å². The van der Waals surface area contributed by atoms with Gasteiger partial charge in [0.1, 0.15) is 0 Å². The first-order valence-corrected chi connectivity index (χ1v) is 14.2. The van der Waals surface area contributed by atoms with Crippen molar-refractivity contribution in [1.82, 2.24) is 9.80 Å². The number of benzene rings is 2. The molecule has 0 aromatic heterocycles. The Morgan fingerprint density at radius 2 is 1.69 bits per heavy atom. The summed E-state index contributed by atoms with van der Waals surface area (Å²) in [4.78, 5) is 17.6. The van der Waals surface area contributed by atoms with Gasteiger partial charge in [0.15, 0.2) is 11.5 Å². The number of carbonyl (C=O) groups is 1. The van der Waals surface area contributed by atoms with Gasteiger partial charge in [0.25, 0.3) is 15.9 Å². The van der Waals surface area contributed by atoms with Crippen molar-refractivity contribution in [3.8, 4) is 11.5 Å². The van der Waals surface area contributed by atoms with E-state index in [2.05, 4.69) is 16.5 Å². The standard InChI is InChI=1S/C27H39N3O5S/c1-4-5-6-7-8-15-29-16-10-17-30(19-18-29)27(31)22-11-9-12-23(20-22)28-36(32,33)24-13-14-25(34-2)26(21-24)35-3/h9,11-14,20-21,28H,4-8,10,15-19H2,1-3H3. The molecule has 0 bridgehead atoms. The maximum Gasteiger partial charge on any atom is 0.262 e. The summed E-state index contributed by atoms with van der Waals surface area (Å²) in [7, 11) is -0.943. The highest BCUT2D eigenvalue weighted by Gasteiger charge is 2.22. The summed E-state index contributed by atoms with van der Waals surface area (Å²) in [6.45, 7) is 6.55. The van der Waals surface area contributed by atoms with Crippen LogP contribution in [0, 0.1) is 0 Å². The molecule has 1 saturated heterocycles. The molecule has 1 fully saturated rings. The van der Waals surface area contributed by atoms with Gasteiger partial charge < -0.3 is 19.3 Å². The molecular weight excluding hydrogens is 478 g/mol. The molecule has 0 aliphatic carbocycles. The van der Waals surface area contributed by atoms with Gasteiger partial charge in [-0.25, -0.2) is 8.42 Å². The van der Waals surface area contributed by atoms with Gasteiger partial charge in [0, 0.05) is 37.0 Å². The smallest absolute Gasteiger partial charge is 0.262 e. The minimum Gasteiger partial charge on any atom is -0.493 e. The van der Waals surface area contributed by atoms with E-state index in [0.29, 0.717) is 35.8 Å². The number of ether oxygens (including phenoxy) is 2. The van der Waals surface area contributed by atoms with Gasteiger partial charge in [0.2, 0.25) is 0 Å². The molecule has 1 heterocycles. The van der Waals surface area contributed by atoms with Gasteiger partial charge in [-0.2, -0.15) is 0 Å². The zero-order chi connectivity index (χ0) is 26.0. The fraction of sp³-hybridized carbons (Fsp3) is 0.519. The molecule has 1 aliphatic rings. The Labute approximate surface area is 215 Å². The predicted octanol–water partition coefficient (Wildman–Crippen LogP) is 4.62. The summed E-state index contributed by atoms with van der Waals surface area (Å²) in [5.41, 5.74) is 0.801. The summed E-state index contributed by atoms with van der Waals surface area (Å²) in [6.07, 6.45) is 7.24. The Morgan fingerprint density at radius 1 is 0.917 bits per heavy atom. The number of nitrogens with zero attached hydrogens (tertiary/aromatic N) is 2. The number of nitrogens with one attached hydrogen (secondary N) is 1. The third kappa shape index (κ3) is 7.61. The quantitative estimate of drug-likeness (QED) is 0.413. The largest absolute Gasteiger partial charge is 0.493 e. The highest BCUT2D eigenvalue weighted by atomic mass is 32.2. The fourth-order valence-electron chi connectivity index (χ4n) is 4.43. The lowest BCUT2D eigenvalue weighted by Gasteiger charge is -2.22. The normalized spacial score (nSPS) is 14.8. The van der Waals surface area contributed by atoms with Crippen molar-refractivity contribution in [3.63, 3.8) is 0 Å². The highest BCUT2D eigenvalue weighted by molar-refractivity contribution is 7.92. The molecule has 0 saturated carbocycles. The van der Waals surface area contributed by atoms with Gasteiger partial charge >= 0.3 is 0 Å². The maximum atomic E-state index is 13.2. The number of rotatable bonds is 12. The monoisotopic (exact) mass is 517 g/mol. The van der Waals surface area contributed by atoms with E-state index in [1.54, 1.807) is 30.3 Å². The Hall–Kier alpha value is -2.78. The summed E-state index contributed by atoms with van der Waals surface area (Å²) >= 11 is 0. The van der Waals surface area contributed by atoms with E-state index in [1.807, 2.05) is 4.90 Å². The number of anilines is 1. The van der Waals surface area contributed by atoms with Crippen LogP contribution >= 0.6 is 0 Å². The van der Waals surface area contributed by atoms with Crippen molar-refractivity contribution in [3.05, 3.63) is 48.0 Å². The van der Waals surface area contributed by atoms with E-state index in [0.717, 1.165) is 26.1 Å². The molecule has 0 spiro atoms. The summed E-state index contributed by atoms with van der Waals surface area (Å²) < 4.78 is 38.9. The second-order valence-corrected chi connectivity index (χ2v) is 10.8. The van der Waals surface area contributed by atoms with Crippen LogP contribution in [0.4, 0.5) is 5.69 Å². The Morgan fingerprint density at radius 3 is 2.44 bits per heavy atom. The lowest BCUT2D eigenvalue weighted by molar-refractivity contribution is 0.0761.